The predicted molar refractivity (Wildman–Crippen MR) is 145 cm³/mol. The lowest BCUT2D eigenvalue weighted by molar-refractivity contribution is -0.113. The Balaban J connectivity index is 1.57. The van der Waals surface area contributed by atoms with Crippen LogP contribution in [0.2, 0.25) is 10.0 Å². The summed E-state index contributed by atoms with van der Waals surface area (Å²) in [5, 5.41) is 13.7. The number of halogens is 3. The number of thioether (sulfide) groups is 2. The number of nitrogens with zero attached hydrogens (tertiary/aromatic N) is 3. The largest absolute Gasteiger partial charge is 0.325 e. The molecule has 1 heterocycles. The number of aromatic nitrogens is 3. The lowest BCUT2D eigenvalue weighted by atomic mass is 10.0. The highest BCUT2D eigenvalue weighted by Gasteiger charge is 2.15. The molecule has 0 saturated carbocycles. The Hall–Kier alpha value is -1.19. The quantitative estimate of drug-likeness (QED) is 0.247. The van der Waals surface area contributed by atoms with Crippen molar-refractivity contribution in [2.75, 3.05) is 11.1 Å². The zero-order chi connectivity index (χ0) is 24.0. The molecular formula is C23H25BrCl2N4OS2. The Morgan fingerprint density at radius 2 is 1.94 bits per heavy atom. The van der Waals surface area contributed by atoms with E-state index in [1.165, 1.54) is 11.8 Å². The number of benzene rings is 2. The highest BCUT2D eigenvalue weighted by Crippen LogP contribution is 2.29. The molecule has 1 amide bonds. The SMILES string of the molecule is CCn1c(CSCc2ccc(Cl)cc2Cl)nnc1SCC(=O)Nc1ccc(Br)cc1C(C)C. The maximum atomic E-state index is 12.6. The zero-order valence-electron chi connectivity index (χ0n) is 18.6. The minimum atomic E-state index is -0.0665. The monoisotopic (exact) mass is 586 g/mol. The summed E-state index contributed by atoms with van der Waals surface area (Å²) in [4.78, 5) is 12.6. The third kappa shape index (κ3) is 7.39. The fourth-order valence-electron chi connectivity index (χ4n) is 3.18. The number of anilines is 1. The molecule has 0 aliphatic heterocycles. The van der Waals surface area contributed by atoms with Gasteiger partial charge in [0.15, 0.2) is 5.16 Å². The van der Waals surface area contributed by atoms with E-state index in [0.717, 1.165) is 44.6 Å². The van der Waals surface area contributed by atoms with Crippen molar-refractivity contribution < 1.29 is 4.79 Å². The molecule has 176 valence electrons. The van der Waals surface area contributed by atoms with E-state index in [9.17, 15) is 4.79 Å². The van der Waals surface area contributed by atoms with Crippen LogP contribution in [0.5, 0.6) is 0 Å². The molecule has 0 fully saturated rings. The van der Waals surface area contributed by atoms with Gasteiger partial charge in [-0.2, -0.15) is 0 Å². The topological polar surface area (TPSA) is 59.8 Å². The average Bonchev–Trinajstić information content (AvgIpc) is 3.16. The molecule has 0 unspecified atom stereocenters. The molecule has 0 radical (unpaired) electrons. The molecule has 0 aliphatic rings. The molecular weight excluding hydrogens is 563 g/mol. The van der Waals surface area contributed by atoms with Crippen LogP contribution in [0.1, 0.15) is 43.6 Å². The normalized spacial score (nSPS) is 11.2. The standard InChI is InChI=1S/C23H25BrCl2N4OS2/c1-4-30-21(12-32-11-15-5-7-17(25)10-19(15)26)28-29-23(30)33-13-22(31)27-20-8-6-16(24)9-18(20)14(2)3/h5-10,14H,4,11-13H2,1-3H3,(H,27,31). The van der Waals surface area contributed by atoms with Crippen LogP contribution in [0, 0.1) is 0 Å². The first kappa shape index (κ1) is 26.4. The molecule has 0 bridgehead atoms. The Bertz CT molecular complexity index is 1120. The van der Waals surface area contributed by atoms with E-state index in [-0.39, 0.29) is 11.7 Å². The van der Waals surface area contributed by atoms with Crippen molar-refractivity contribution in [1.29, 1.82) is 0 Å². The zero-order valence-corrected chi connectivity index (χ0v) is 23.3. The predicted octanol–water partition coefficient (Wildman–Crippen LogP) is 7.65. The third-order valence-corrected chi connectivity index (χ3v) is 7.88. The second-order valence-electron chi connectivity index (χ2n) is 7.59. The van der Waals surface area contributed by atoms with Crippen molar-refractivity contribution in [1.82, 2.24) is 14.8 Å². The summed E-state index contributed by atoms with van der Waals surface area (Å²) in [5.41, 5.74) is 2.97. The number of hydrogen-bond acceptors (Lipinski definition) is 5. The molecule has 1 N–H and O–H groups in total. The molecule has 1 aromatic heterocycles. The highest BCUT2D eigenvalue weighted by atomic mass is 79.9. The van der Waals surface area contributed by atoms with Crippen LogP contribution in [0.3, 0.4) is 0 Å². The fraction of sp³-hybridized carbons (Fsp3) is 0.348. The second-order valence-corrected chi connectivity index (χ2v) is 11.3. The molecule has 0 atom stereocenters. The van der Waals surface area contributed by atoms with Crippen molar-refractivity contribution >= 4 is 74.3 Å². The number of hydrogen-bond donors (Lipinski definition) is 1. The fourth-order valence-corrected chi connectivity index (χ4v) is 5.91. The van der Waals surface area contributed by atoms with E-state index < -0.39 is 0 Å². The first-order valence-corrected chi connectivity index (χ1v) is 14.1. The summed E-state index contributed by atoms with van der Waals surface area (Å²) in [6.07, 6.45) is 0. The van der Waals surface area contributed by atoms with Crippen LogP contribution in [0.25, 0.3) is 0 Å². The molecule has 5 nitrogen and oxygen atoms in total. The van der Waals surface area contributed by atoms with Crippen molar-refractivity contribution in [3.63, 3.8) is 0 Å². The van der Waals surface area contributed by atoms with Gasteiger partial charge in [-0.05, 0) is 54.3 Å². The van der Waals surface area contributed by atoms with Gasteiger partial charge in [0.25, 0.3) is 0 Å². The first-order chi connectivity index (χ1) is 15.8. The number of rotatable bonds is 10. The van der Waals surface area contributed by atoms with Gasteiger partial charge >= 0.3 is 0 Å². The number of carbonyl (C=O) groups is 1. The smallest absolute Gasteiger partial charge is 0.234 e. The lowest BCUT2D eigenvalue weighted by Crippen LogP contribution is -2.16. The molecule has 2 aromatic carbocycles. The van der Waals surface area contributed by atoms with E-state index in [4.69, 9.17) is 23.2 Å². The van der Waals surface area contributed by atoms with E-state index >= 15 is 0 Å². The summed E-state index contributed by atoms with van der Waals surface area (Å²) in [6.45, 7) is 7.00. The number of carbonyl (C=O) groups excluding carboxylic acids is 1. The van der Waals surface area contributed by atoms with E-state index in [0.29, 0.717) is 21.7 Å². The van der Waals surface area contributed by atoms with E-state index in [2.05, 4.69) is 52.2 Å². The number of nitrogens with one attached hydrogen (secondary N) is 1. The minimum Gasteiger partial charge on any atom is -0.325 e. The Kier molecular flexibility index (Phi) is 10.0. The maximum absolute atomic E-state index is 12.6. The van der Waals surface area contributed by atoms with Crippen LogP contribution >= 0.6 is 62.7 Å². The van der Waals surface area contributed by atoms with Gasteiger partial charge in [-0.15, -0.1) is 22.0 Å². The summed E-state index contributed by atoms with van der Waals surface area (Å²) >= 11 is 18.8. The van der Waals surface area contributed by atoms with Gasteiger partial charge in [0, 0.05) is 32.5 Å². The molecule has 0 aliphatic carbocycles. The van der Waals surface area contributed by atoms with Gasteiger partial charge in [0.2, 0.25) is 5.91 Å². The summed E-state index contributed by atoms with van der Waals surface area (Å²) < 4.78 is 3.05. The minimum absolute atomic E-state index is 0.0665. The Labute approximate surface area is 221 Å². The van der Waals surface area contributed by atoms with Gasteiger partial charge < -0.3 is 9.88 Å². The van der Waals surface area contributed by atoms with Gasteiger partial charge in [0.1, 0.15) is 5.82 Å². The van der Waals surface area contributed by atoms with Crippen molar-refractivity contribution in [2.45, 2.75) is 49.9 Å². The van der Waals surface area contributed by atoms with Crippen LogP contribution in [-0.4, -0.2) is 26.4 Å². The van der Waals surface area contributed by atoms with Gasteiger partial charge in [-0.3, -0.25) is 4.79 Å². The van der Waals surface area contributed by atoms with Crippen molar-refractivity contribution in [2.24, 2.45) is 0 Å². The van der Waals surface area contributed by atoms with Crippen LogP contribution < -0.4 is 5.32 Å². The van der Waals surface area contributed by atoms with Crippen LogP contribution in [-0.2, 0) is 22.8 Å². The average molecular weight is 588 g/mol. The molecule has 0 spiro atoms. The summed E-state index contributed by atoms with van der Waals surface area (Å²) in [6, 6.07) is 11.4. The molecule has 0 saturated heterocycles. The van der Waals surface area contributed by atoms with Crippen molar-refractivity contribution in [3.8, 4) is 0 Å². The second kappa shape index (κ2) is 12.5. The number of amides is 1. The van der Waals surface area contributed by atoms with Crippen LogP contribution in [0.4, 0.5) is 5.69 Å². The van der Waals surface area contributed by atoms with Gasteiger partial charge in [0.05, 0.1) is 11.5 Å². The first-order valence-electron chi connectivity index (χ1n) is 10.4. The summed E-state index contributed by atoms with van der Waals surface area (Å²) in [5.74, 6) is 2.83. The Morgan fingerprint density at radius 1 is 1.15 bits per heavy atom. The van der Waals surface area contributed by atoms with Crippen LogP contribution in [0.15, 0.2) is 46.0 Å². The maximum Gasteiger partial charge on any atom is 0.234 e. The molecule has 10 heteroatoms. The van der Waals surface area contributed by atoms with E-state index in [1.807, 2.05) is 34.9 Å². The summed E-state index contributed by atoms with van der Waals surface area (Å²) in [7, 11) is 0. The highest BCUT2D eigenvalue weighted by molar-refractivity contribution is 9.10. The lowest BCUT2D eigenvalue weighted by Gasteiger charge is -2.14. The third-order valence-electron chi connectivity index (χ3n) is 4.86. The van der Waals surface area contributed by atoms with E-state index in [1.54, 1.807) is 17.8 Å². The molecule has 33 heavy (non-hydrogen) atoms. The van der Waals surface area contributed by atoms with Gasteiger partial charge in [-0.25, -0.2) is 0 Å². The molecule has 3 aromatic rings. The Morgan fingerprint density at radius 3 is 2.64 bits per heavy atom. The molecule has 3 rings (SSSR count). The van der Waals surface area contributed by atoms with Crippen molar-refractivity contribution in [3.05, 3.63) is 67.9 Å². The van der Waals surface area contributed by atoms with Gasteiger partial charge in [-0.1, -0.05) is 70.8 Å².